The molecule has 6 heterocycles. The quantitative estimate of drug-likeness (QED) is 0.0846. The lowest BCUT2D eigenvalue weighted by molar-refractivity contribution is -0.142. The molecule has 4 N–H and O–H groups in total. The molecule has 0 bridgehead atoms. The molecule has 6 atom stereocenters. The van der Waals surface area contributed by atoms with Crippen LogP contribution in [0.4, 0.5) is 11.4 Å². The predicted molar refractivity (Wildman–Crippen MR) is 283 cm³/mol. The van der Waals surface area contributed by atoms with Gasteiger partial charge in [-0.2, -0.15) is 0 Å². The number of anilines is 2. The van der Waals surface area contributed by atoms with Crippen LogP contribution in [0.1, 0.15) is 160 Å². The number of nitrogens with zero attached hydrogens (tertiary/aromatic N) is 6. The number of piperidine rings is 2. The van der Waals surface area contributed by atoms with Crippen LogP contribution in [-0.2, 0) is 28.7 Å². The van der Waals surface area contributed by atoms with Crippen LogP contribution >= 0.6 is 0 Å². The van der Waals surface area contributed by atoms with Crippen LogP contribution < -0.4 is 32.0 Å². The van der Waals surface area contributed by atoms with E-state index in [1.807, 2.05) is 72.1 Å². The van der Waals surface area contributed by atoms with Crippen molar-refractivity contribution in [3.8, 4) is 0 Å². The van der Waals surface area contributed by atoms with E-state index in [9.17, 15) is 28.8 Å². The van der Waals surface area contributed by atoms with E-state index in [1.165, 1.54) is 61.2 Å². The average molecular weight is 999 g/mol. The van der Waals surface area contributed by atoms with Gasteiger partial charge < -0.3 is 44.6 Å². The van der Waals surface area contributed by atoms with Crippen molar-refractivity contribution in [1.82, 2.24) is 24.4 Å². The van der Waals surface area contributed by atoms with Crippen LogP contribution in [0.2, 0.25) is 0 Å². The number of aryl methyl sites for hydroxylation is 2. The van der Waals surface area contributed by atoms with Crippen molar-refractivity contribution < 1.29 is 33.8 Å². The molecule has 2 aliphatic rings. The lowest BCUT2D eigenvalue weighted by Crippen LogP contribution is -2.40. The number of esters is 2. The number of hydrogen-bond acceptors (Lipinski definition) is 13. The summed E-state index contributed by atoms with van der Waals surface area (Å²) in [5.74, 6) is -1.58. The molecule has 0 aromatic carbocycles. The number of ether oxygens (including phenoxy) is 2. The number of carbonyl (C=O) groups excluding carboxylic acids is 3. The summed E-state index contributed by atoms with van der Waals surface area (Å²) in [5, 5.41) is 12.1. The molecule has 0 aliphatic carbocycles. The van der Waals surface area contributed by atoms with Crippen LogP contribution in [0, 0.1) is 25.7 Å². The number of carboxylic acids is 1. The SMILES string of the molecule is C.COC(=O)C[C@H](N)c1cncc(N2CCCC[C@@H]2C)c1.COC(=O)C[C@H](NC(=O)C(CC(C)C)n1ccc(C)cc1=O)c1cncc(N2CCCC[C@@H]2C)c1.Cc1ccn([C@@H](CC(C)C)C(=O)O)c(=O)c1. The lowest BCUT2D eigenvalue weighted by Gasteiger charge is -2.35. The number of nitrogens with one attached hydrogen (secondary N) is 1. The zero-order chi connectivity index (χ0) is 52.4. The Morgan fingerprint density at radius 1 is 0.694 bits per heavy atom. The number of hydrogen-bond donors (Lipinski definition) is 3. The molecule has 1 unspecified atom stereocenters. The van der Waals surface area contributed by atoms with E-state index < -0.39 is 30.1 Å². The van der Waals surface area contributed by atoms with Gasteiger partial charge in [0.1, 0.15) is 12.1 Å². The summed E-state index contributed by atoms with van der Waals surface area (Å²) in [7, 11) is 2.71. The summed E-state index contributed by atoms with van der Waals surface area (Å²) in [5.41, 5.74) is 10.9. The monoisotopic (exact) mass is 999 g/mol. The largest absolute Gasteiger partial charge is 0.480 e. The minimum atomic E-state index is -0.959. The van der Waals surface area contributed by atoms with Crippen LogP contribution in [0.25, 0.3) is 0 Å². The van der Waals surface area contributed by atoms with Gasteiger partial charge in [-0.05, 0) is 137 Å². The van der Waals surface area contributed by atoms with Crippen LogP contribution in [0.15, 0.2) is 83.2 Å². The molecule has 17 heteroatoms. The Morgan fingerprint density at radius 3 is 1.58 bits per heavy atom. The highest BCUT2D eigenvalue weighted by atomic mass is 16.5. The first-order valence-electron chi connectivity index (χ1n) is 25.0. The van der Waals surface area contributed by atoms with E-state index in [4.69, 9.17) is 15.6 Å². The minimum Gasteiger partial charge on any atom is -0.480 e. The van der Waals surface area contributed by atoms with E-state index in [0.29, 0.717) is 24.9 Å². The second-order valence-corrected chi connectivity index (χ2v) is 19.8. The zero-order valence-electron chi connectivity index (χ0n) is 43.5. The molecule has 17 nitrogen and oxygen atoms in total. The first kappa shape index (κ1) is 59.9. The second kappa shape index (κ2) is 29.2. The van der Waals surface area contributed by atoms with E-state index in [2.05, 4.69) is 43.7 Å². The number of carbonyl (C=O) groups is 4. The molecule has 0 radical (unpaired) electrons. The fourth-order valence-electron chi connectivity index (χ4n) is 8.98. The number of aliphatic carboxylic acids is 1. The number of nitrogens with two attached hydrogens (primary N) is 1. The first-order chi connectivity index (χ1) is 33.7. The Morgan fingerprint density at radius 2 is 1.14 bits per heavy atom. The molecule has 2 fully saturated rings. The third-order valence-electron chi connectivity index (χ3n) is 13.0. The molecule has 1 amide bonds. The Bertz CT molecular complexity index is 2490. The number of aromatic nitrogens is 4. The molecule has 4 aromatic heterocycles. The molecular weight excluding hydrogens is 917 g/mol. The Hall–Kier alpha value is -6.36. The van der Waals surface area contributed by atoms with E-state index in [0.717, 1.165) is 59.6 Å². The molecule has 0 saturated carbocycles. The van der Waals surface area contributed by atoms with Crippen molar-refractivity contribution in [3.63, 3.8) is 0 Å². The van der Waals surface area contributed by atoms with Gasteiger partial charge in [0.2, 0.25) is 5.91 Å². The first-order valence-corrected chi connectivity index (χ1v) is 25.0. The van der Waals surface area contributed by atoms with Gasteiger partial charge in [0.15, 0.2) is 0 Å². The topological polar surface area (TPSA) is 221 Å². The average Bonchev–Trinajstić information content (AvgIpc) is 3.33. The summed E-state index contributed by atoms with van der Waals surface area (Å²) in [6.45, 7) is 18.0. The van der Waals surface area contributed by atoms with Crippen molar-refractivity contribution >= 4 is 35.2 Å². The highest BCUT2D eigenvalue weighted by Gasteiger charge is 2.29. The molecule has 72 heavy (non-hydrogen) atoms. The van der Waals surface area contributed by atoms with Gasteiger partial charge in [-0.15, -0.1) is 0 Å². The molecule has 2 saturated heterocycles. The standard InChI is InChI=1S/C27H38N4O4.C15H23N3O2.C12H17NO3.CH4/c1-18(2)12-24(31-11-9-19(3)13-25(31)32)27(34)29-23(15-26(33)35-5)21-14-22(17-28-16-21)30-10-7-6-8-20(30)4;1-11-5-3-4-6-18(11)13-7-12(9-17-10-13)14(16)8-15(19)20-2;1-8(2)6-10(12(15)16)13-5-4-9(3)7-11(13)14;/h9,11,13-14,16-18,20,23-24H,6-8,10,12,15H2,1-5H3,(H,29,34);7,9-11,14H,3-6,8,16H2,1-2H3;4-5,7-8,10H,6H2,1-3H3,(H,15,16);1H4/t20-,23-,24?;11-,14-;10-;/m000./s1. The Balaban J connectivity index is 0.000000313. The number of methoxy groups -OCH3 is 2. The summed E-state index contributed by atoms with van der Waals surface area (Å²) >= 11 is 0. The normalized spacial score (nSPS) is 17.1. The van der Waals surface area contributed by atoms with Gasteiger partial charge in [-0.25, -0.2) is 4.79 Å². The summed E-state index contributed by atoms with van der Waals surface area (Å²) in [6, 6.07) is 9.06. The van der Waals surface area contributed by atoms with Crippen molar-refractivity contribution in [3.05, 3.63) is 117 Å². The van der Waals surface area contributed by atoms with Crippen LogP contribution in [0.5, 0.6) is 0 Å². The van der Waals surface area contributed by atoms with Crippen molar-refractivity contribution in [2.45, 2.75) is 163 Å². The van der Waals surface area contributed by atoms with Crippen molar-refractivity contribution in [2.75, 3.05) is 37.1 Å². The van der Waals surface area contributed by atoms with E-state index in [1.54, 1.807) is 30.9 Å². The van der Waals surface area contributed by atoms with E-state index in [-0.39, 0.29) is 61.1 Å². The Labute approximate surface area is 426 Å². The van der Waals surface area contributed by atoms with Gasteiger partial charge in [0.25, 0.3) is 11.1 Å². The smallest absolute Gasteiger partial charge is 0.326 e. The third kappa shape index (κ3) is 18.0. The minimum absolute atomic E-state index is 0. The summed E-state index contributed by atoms with van der Waals surface area (Å²) in [6.07, 6.45) is 18.6. The van der Waals surface area contributed by atoms with Gasteiger partial charge >= 0.3 is 17.9 Å². The molecule has 0 spiro atoms. The second-order valence-electron chi connectivity index (χ2n) is 19.8. The highest BCUT2D eigenvalue weighted by Crippen LogP contribution is 2.29. The fraction of sp³-hybridized carbons (Fsp3) is 0.564. The van der Waals surface area contributed by atoms with Crippen LogP contribution in [-0.4, -0.2) is 87.4 Å². The van der Waals surface area contributed by atoms with Gasteiger partial charge in [-0.3, -0.25) is 33.9 Å². The Kier molecular flexibility index (Phi) is 24.3. The molecule has 2 aliphatic heterocycles. The number of amides is 1. The van der Waals surface area contributed by atoms with Gasteiger partial charge in [-0.1, -0.05) is 35.1 Å². The predicted octanol–water partition coefficient (Wildman–Crippen LogP) is 8.43. The fourth-order valence-corrected chi connectivity index (χ4v) is 8.98. The maximum atomic E-state index is 13.6. The molecular formula is C55H82N8O9. The van der Waals surface area contributed by atoms with Crippen molar-refractivity contribution in [1.29, 1.82) is 0 Å². The maximum absolute atomic E-state index is 13.6. The number of pyridine rings is 4. The third-order valence-corrected chi connectivity index (χ3v) is 13.0. The van der Waals surface area contributed by atoms with Gasteiger partial charge in [0, 0.05) is 68.1 Å². The zero-order valence-corrected chi connectivity index (χ0v) is 43.5. The molecule has 396 valence electrons. The van der Waals surface area contributed by atoms with Gasteiger partial charge in [0.05, 0.1) is 56.9 Å². The number of rotatable bonds is 17. The van der Waals surface area contributed by atoms with Crippen LogP contribution in [0.3, 0.4) is 0 Å². The highest BCUT2D eigenvalue weighted by molar-refractivity contribution is 5.82. The van der Waals surface area contributed by atoms with Crippen molar-refractivity contribution in [2.24, 2.45) is 17.6 Å². The molecule has 6 rings (SSSR count). The number of carboxylic acid groups (broad SMARTS) is 1. The summed E-state index contributed by atoms with van der Waals surface area (Å²) < 4.78 is 12.3. The van der Waals surface area contributed by atoms with E-state index >= 15 is 0 Å². The molecule has 4 aromatic rings. The maximum Gasteiger partial charge on any atom is 0.326 e. The lowest BCUT2D eigenvalue weighted by atomic mass is 9.99. The summed E-state index contributed by atoms with van der Waals surface area (Å²) in [4.78, 5) is 86.0.